The Morgan fingerprint density at radius 3 is 2.67 bits per heavy atom. The molecule has 0 spiro atoms. The second-order valence-corrected chi connectivity index (χ2v) is 11.2. The van der Waals surface area contributed by atoms with Crippen LogP contribution in [0.15, 0.2) is 59.2 Å². The van der Waals surface area contributed by atoms with Crippen LogP contribution in [0.2, 0.25) is 5.15 Å². The smallest absolute Gasteiger partial charge is 0.316 e. The van der Waals surface area contributed by atoms with Gasteiger partial charge in [-0.25, -0.2) is 24.6 Å². The molecular weight excluding hydrogens is 548 g/mol. The monoisotopic (exact) mass is 570 g/mol. The number of halogens is 1. The predicted molar refractivity (Wildman–Crippen MR) is 155 cm³/mol. The third-order valence-electron chi connectivity index (χ3n) is 7.04. The van der Waals surface area contributed by atoms with Crippen LogP contribution in [0.1, 0.15) is 36.9 Å². The number of anilines is 1. The fourth-order valence-corrected chi connectivity index (χ4v) is 6.07. The minimum atomic E-state index is -0.405. The number of thiazole rings is 1. The van der Waals surface area contributed by atoms with Gasteiger partial charge in [-0.3, -0.25) is 9.20 Å². The van der Waals surface area contributed by atoms with E-state index in [2.05, 4.69) is 19.9 Å². The summed E-state index contributed by atoms with van der Waals surface area (Å²) in [6.07, 6.45) is 6.97. The molecule has 2 N–H and O–H groups in total. The fraction of sp³-hybridized carbons (Fsp3) is 0.214. The molecule has 0 aliphatic heterocycles. The number of nitrogens with two attached hydrogens (primary N) is 1. The van der Waals surface area contributed by atoms with Crippen LogP contribution in [0.3, 0.4) is 0 Å². The number of pyridine rings is 1. The van der Waals surface area contributed by atoms with Crippen LogP contribution in [0.5, 0.6) is 6.01 Å². The van der Waals surface area contributed by atoms with Gasteiger partial charge < -0.3 is 10.5 Å². The average molecular weight is 571 g/mol. The Labute approximate surface area is 237 Å². The lowest BCUT2D eigenvalue weighted by molar-refractivity contribution is 0.278. The molecule has 0 radical (unpaired) electrons. The molecule has 6 aromatic rings. The zero-order valence-corrected chi connectivity index (χ0v) is 23.1. The Morgan fingerprint density at radius 2 is 1.93 bits per heavy atom. The first kappa shape index (κ1) is 24.7. The van der Waals surface area contributed by atoms with E-state index >= 15 is 0 Å². The highest BCUT2D eigenvalue weighted by molar-refractivity contribution is 7.16. The van der Waals surface area contributed by atoms with Crippen molar-refractivity contribution in [3.63, 3.8) is 0 Å². The van der Waals surface area contributed by atoms with E-state index in [4.69, 9.17) is 27.2 Å². The van der Waals surface area contributed by atoms with Crippen LogP contribution in [0.4, 0.5) is 5.82 Å². The summed E-state index contributed by atoms with van der Waals surface area (Å²) in [5.74, 6) is 0.288. The average Bonchev–Trinajstić information content (AvgIpc) is 3.55. The molecule has 5 aromatic heterocycles. The molecule has 1 saturated carbocycles. The molecule has 1 atom stereocenters. The molecular formula is C28H23ClN8O2S. The van der Waals surface area contributed by atoms with Gasteiger partial charge in [0.2, 0.25) is 0 Å². The third kappa shape index (κ3) is 4.09. The van der Waals surface area contributed by atoms with Gasteiger partial charge in [-0.2, -0.15) is 5.10 Å². The van der Waals surface area contributed by atoms with Gasteiger partial charge in [0.1, 0.15) is 33.9 Å². The highest BCUT2D eigenvalue weighted by Gasteiger charge is 2.27. The van der Waals surface area contributed by atoms with Crippen LogP contribution in [0.25, 0.3) is 38.2 Å². The van der Waals surface area contributed by atoms with Gasteiger partial charge in [0, 0.05) is 23.3 Å². The molecule has 7 rings (SSSR count). The van der Waals surface area contributed by atoms with Crippen LogP contribution in [-0.2, 0) is 0 Å². The summed E-state index contributed by atoms with van der Waals surface area (Å²) >= 11 is 7.84. The Kier molecular flexibility index (Phi) is 5.79. The molecule has 1 aromatic carbocycles. The molecule has 1 aliphatic carbocycles. The molecule has 0 amide bonds. The largest absolute Gasteiger partial charge is 0.460 e. The number of benzene rings is 1. The maximum absolute atomic E-state index is 13.9. The summed E-state index contributed by atoms with van der Waals surface area (Å²) < 4.78 is 9.02. The molecule has 0 bridgehead atoms. The zero-order valence-electron chi connectivity index (χ0n) is 21.6. The molecule has 12 heteroatoms. The Morgan fingerprint density at radius 1 is 1.12 bits per heavy atom. The number of ether oxygens (including phenoxy) is 1. The first-order valence-corrected chi connectivity index (χ1v) is 14.0. The van der Waals surface area contributed by atoms with Crippen molar-refractivity contribution in [2.45, 2.75) is 38.8 Å². The van der Waals surface area contributed by atoms with E-state index in [0.29, 0.717) is 39.0 Å². The van der Waals surface area contributed by atoms with E-state index in [1.807, 2.05) is 44.2 Å². The summed E-state index contributed by atoms with van der Waals surface area (Å²) in [7, 11) is 0. The van der Waals surface area contributed by atoms with Gasteiger partial charge in [-0.1, -0.05) is 41.4 Å². The van der Waals surface area contributed by atoms with E-state index < -0.39 is 6.04 Å². The highest BCUT2D eigenvalue weighted by atomic mass is 35.5. The van der Waals surface area contributed by atoms with Crippen LogP contribution in [0, 0.1) is 6.92 Å². The number of rotatable bonds is 6. The van der Waals surface area contributed by atoms with E-state index in [1.54, 1.807) is 22.5 Å². The van der Waals surface area contributed by atoms with Crippen molar-refractivity contribution in [2.24, 2.45) is 0 Å². The molecule has 0 unspecified atom stereocenters. The molecule has 200 valence electrons. The molecule has 1 aliphatic rings. The first-order valence-electron chi connectivity index (χ1n) is 12.8. The summed E-state index contributed by atoms with van der Waals surface area (Å²) in [6, 6.07) is 9.78. The van der Waals surface area contributed by atoms with Crippen molar-refractivity contribution in [1.82, 2.24) is 34.1 Å². The van der Waals surface area contributed by atoms with Crippen LogP contribution >= 0.6 is 22.9 Å². The first-order chi connectivity index (χ1) is 19.4. The molecule has 0 saturated heterocycles. The van der Waals surface area contributed by atoms with E-state index in [0.717, 1.165) is 34.4 Å². The molecule has 10 nitrogen and oxygen atoms in total. The normalized spacial score (nSPS) is 14.2. The minimum absolute atomic E-state index is 0.193. The Hall–Kier alpha value is -4.35. The molecule has 5 heterocycles. The van der Waals surface area contributed by atoms with Crippen molar-refractivity contribution in [1.29, 1.82) is 0 Å². The Balaban J connectivity index is 1.42. The topological polar surface area (TPSA) is 126 Å². The summed E-state index contributed by atoms with van der Waals surface area (Å²) in [5.41, 5.74) is 11.1. The lowest BCUT2D eigenvalue weighted by Crippen LogP contribution is -2.20. The SMILES string of the molecule is Cc1cccc(-c2c([C@H](C)n3nc(-c4cnc(OC5CC5)nc4)c4c(N)ncnc43)cc3scc(Cl)n3c2=O)c1. The quantitative estimate of drug-likeness (QED) is 0.285. The minimum Gasteiger partial charge on any atom is -0.460 e. The molecule has 1 fully saturated rings. The van der Waals surface area contributed by atoms with Gasteiger partial charge in [0.25, 0.3) is 5.56 Å². The van der Waals surface area contributed by atoms with Crippen molar-refractivity contribution >= 4 is 44.6 Å². The number of aryl methyl sites for hydroxylation is 1. The maximum atomic E-state index is 13.9. The van der Waals surface area contributed by atoms with Crippen molar-refractivity contribution in [3.8, 4) is 28.4 Å². The summed E-state index contributed by atoms with van der Waals surface area (Å²) in [5, 5.41) is 7.67. The van der Waals surface area contributed by atoms with Gasteiger partial charge >= 0.3 is 6.01 Å². The number of hydrogen-bond acceptors (Lipinski definition) is 9. The van der Waals surface area contributed by atoms with Crippen molar-refractivity contribution in [3.05, 3.63) is 81.1 Å². The third-order valence-corrected chi connectivity index (χ3v) is 8.33. The number of nitrogen functional groups attached to an aromatic ring is 1. The number of aromatic nitrogens is 7. The summed E-state index contributed by atoms with van der Waals surface area (Å²) in [4.78, 5) is 32.2. The fourth-order valence-electron chi connectivity index (χ4n) is 4.91. The van der Waals surface area contributed by atoms with E-state index in [-0.39, 0.29) is 17.5 Å². The lowest BCUT2D eigenvalue weighted by Gasteiger charge is -2.18. The van der Waals surface area contributed by atoms with E-state index in [1.165, 1.54) is 22.1 Å². The van der Waals surface area contributed by atoms with Crippen molar-refractivity contribution in [2.75, 3.05) is 5.73 Å². The maximum Gasteiger partial charge on any atom is 0.316 e. The number of nitrogens with zero attached hydrogens (tertiary/aromatic N) is 7. The lowest BCUT2D eigenvalue weighted by atomic mass is 9.96. The van der Waals surface area contributed by atoms with Gasteiger partial charge in [0.05, 0.1) is 17.0 Å². The predicted octanol–water partition coefficient (Wildman–Crippen LogP) is 5.32. The second kappa shape index (κ2) is 9.39. The standard InChI is InChI=1S/C28H23ClN8O2S/c1-14-4-3-5-16(8-14)22-19(9-21-36(27(22)38)20(29)12-40-21)15(2)37-26-23(25(30)33-13-34-26)24(35-37)17-10-31-28(32-11-17)39-18-6-7-18/h3-5,8-13,15,18H,6-7H2,1-2H3,(H2,30,33,34)/t15-/m0/s1. The van der Waals surface area contributed by atoms with Gasteiger partial charge in [0.15, 0.2) is 5.65 Å². The number of fused-ring (bicyclic) bond motifs is 2. The van der Waals surface area contributed by atoms with Crippen LogP contribution in [-0.4, -0.2) is 40.2 Å². The van der Waals surface area contributed by atoms with Crippen LogP contribution < -0.4 is 16.0 Å². The van der Waals surface area contributed by atoms with E-state index in [9.17, 15) is 4.79 Å². The second-order valence-electron chi connectivity index (χ2n) is 9.88. The van der Waals surface area contributed by atoms with Gasteiger partial charge in [-0.05, 0) is 43.9 Å². The number of hydrogen-bond donors (Lipinski definition) is 1. The van der Waals surface area contributed by atoms with Gasteiger partial charge in [-0.15, -0.1) is 11.3 Å². The highest BCUT2D eigenvalue weighted by Crippen LogP contribution is 2.36. The zero-order chi connectivity index (χ0) is 27.5. The summed E-state index contributed by atoms with van der Waals surface area (Å²) in [6.45, 7) is 3.98. The Bertz CT molecular complexity index is 1980. The molecule has 40 heavy (non-hydrogen) atoms. The van der Waals surface area contributed by atoms with Crippen molar-refractivity contribution < 1.29 is 4.74 Å².